The monoisotopic (exact) mass is 327 g/mol. The number of benzene rings is 1. The molecule has 1 fully saturated rings. The molecule has 0 radical (unpaired) electrons. The van der Waals surface area contributed by atoms with E-state index in [2.05, 4.69) is 40.2 Å². The summed E-state index contributed by atoms with van der Waals surface area (Å²) in [5.74, 6) is 1.38. The number of nitrogen functional groups attached to an aromatic ring is 1. The molecule has 3 aromatic rings. The summed E-state index contributed by atoms with van der Waals surface area (Å²) in [5.41, 5.74) is 10.6. The fourth-order valence-corrected chi connectivity index (χ4v) is 3.15. The first kappa shape index (κ1) is 12.0. The van der Waals surface area contributed by atoms with E-state index >= 15 is 0 Å². The summed E-state index contributed by atoms with van der Waals surface area (Å²) >= 11 is 3.54. The number of hydrogen-bond donors (Lipinski definition) is 1. The summed E-state index contributed by atoms with van der Waals surface area (Å²) in [6, 6.07) is 12.4. The highest BCUT2D eigenvalue weighted by Gasteiger charge is 2.27. The van der Waals surface area contributed by atoms with Crippen LogP contribution in [0.15, 0.2) is 47.1 Å². The van der Waals surface area contributed by atoms with Crippen LogP contribution in [0.1, 0.15) is 24.3 Å². The summed E-state index contributed by atoms with van der Waals surface area (Å²) in [7, 11) is 0. The normalized spacial score (nSPS) is 14.8. The number of hydrogen-bond acceptors (Lipinski definition) is 2. The number of aromatic nitrogens is 2. The van der Waals surface area contributed by atoms with Crippen molar-refractivity contribution in [3.05, 3.63) is 52.6 Å². The van der Waals surface area contributed by atoms with Gasteiger partial charge >= 0.3 is 0 Å². The average Bonchev–Trinajstić information content (AvgIpc) is 3.25. The van der Waals surface area contributed by atoms with Crippen LogP contribution in [0.3, 0.4) is 0 Å². The maximum Gasteiger partial charge on any atom is 0.153 e. The van der Waals surface area contributed by atoms with Gasteiger partial charge in [0.15, 0.2) is 5.65 Å². The Morgan fingerprint density at radius 2 is 1.95 bits per heavy atom. The Hall–Kier alpha value is -1.81. The summed E-state index contributed by atoms with van der Waals surface area (Å²) in [4.78, 5) is 4.74. The molecule has 4 rings (SSSR count). The van der Waals surface area contributed by atoms with Gasteiger partial charge < -0.3 is 5.73 Å². The number of rotatable bonds is 2. The molecular formula is C16H14BrN3. The first-order valence-corrected chi connectivity index (χ1v) is 7.56. The van der Waals surface area contributed by atoms with Crippen molar-refractivity contribution in [3.63, 3.8) is 0 Å². The first-order valence-electron chi connectivity index (χ1n) is 6.77. The van der Waals surface area contributed by atoms with Gasteiger partial charge in [-0.05, 0) is 52.4 Å². The van der Waals surface area contributed by atoms with E-state index < -0.39 is 0 Å². The van der Waals surface area contributed by atoms with E-state index in [0.29, 0.717) is 11.7 Å². The highest BCUT2D eigenvalue weighted by atomic mass is 79.9. The topological polar surface area (TPSA) is 43.3 Å². The lowest BCUT2D eigenvalue weighted by Crippen LogP contribution is -1.95. The molecule has 20 heavy (non-hydrogen) atoms. The Morgan fingerprint density at radius 1 is 1.15 bits per heavy atom. The first-order chi connectivity index (χ1) is 9.75. The van der Waals surface area contributed by atoms with E-state index in [-0.39, 0.29) is 0 Å². The van der Waals surface area contributed by atoms with Crippen LogP contribution >= 0.6 is 15.9 Å². The predicted molar refractivity (Wildman–Crippen MR) is 84.7 cm³/mol. The highest BCUT2D eigenvalue weighted by Crippen LogP contribution is 2.45. The molecule has 0 saturated heterocycles. The molecule has 0 atom stereocenters. The zero-order valence-corrected chi connectivity index (χ0v) is 12.5. The third-order valence-electron chi connectivity index (χ3n) is 3.87. The second-order valence-corrected chi connectivity index (χ2v) is 6.11. The van der Waals surface area contributed by atoms with E-state index in [1.165, 1.54) is 24.0 Å². The van der Waals surface area contributed by atoms with Crippen LogP contribution in [0.5, 0.6) is 0 Å². The van der Waals surface area contributed by atoms with Crippen LogP contribution in [0, 0.1) is 0 Å². The van der Waals surface area contributed by atoms with Crippen molar-refractivity contribution in [1.82, 2.24) is 9.38 Å². The lowest BCUT2D eigenvalue weighted by atomic mass is 10.0. The van der Waals surface area contributed by atoms with Gasteiger partial charge in [-0.15, -0.1) is 0 Å². The molecule has 4 heteroatoms. The lowest BCUT2D eigenvalue weighted by molar-refractivity contribution is 1.13. The van der Waals surface area contributed by atoms with Crippen LogP contribution in [0.4, 0.5) is 5.82 Å². The quantitative estimate of drug-likeness (QED) is 0.765. The molecule has 0 amide bonds. The molecule has 1 aromatic carbocycles. The van der Waals surface area contributed by atoms with Gasteiger partial charge in [-0.2, -0.15) is 0 Å². The SMILES string of the molecule is Nc1c(-c2ccccc2C2CC2)nc2c(Br)cccn12. The number of halogens is 1. The number of fused-ring (bicyclic) bond motifs is 1. The molecule has 0 aliphatic heterocycles. The van der Waals surface area contributed by atoms with Crippen molar-refractivity contribution >= 4 is 27.4 Å². The Labute approximate surface area is 125 Å². The molecule has 1 aliphatic rings. The molecule has 2 aromatic heterocycles. The molecule has 3 nitrogen and oxygen atoms in total. The van der Waals surface area contributed by atoms with Gasteiger partial charge in [-0.1, -0.05) is 24.3 Å². The number of pyridine rings is 1. The summed E-state index contributed by atoms with van der Waals surface area (Å²) in [6.45, 7) is 0. The van der Waals surface area contributed by atoms with Gasteiger partial charge in [0, 0.05) is 11.8 Å². The van der Waals surface area contributed by atoms with Crippen LogP contribution in [-0.2, 0) is 0 Å². The van der Waals surface area contributed by atoms with Crippen LogP contribution < -0.4 is 5.73 Å². The van der Waals surface area contributed by atoms with Crippen molar-refractivity contribution in [3.8, 4) is 11.3 Å². The van der Waals surface area contributed by atoms with Crippen LogP contribution in [0.2, 0.25) is 0 Å². The fraction of sp³-hybridized carbons (Fsp3) is 0.188. The second-order valence-electron chi connectivity index (χ2n) is 5.26. The summed E-state index contributed by atoms with van der Waals surface area (Å²) in [6.07, 6.45) is 4.49. The molecule has 1 aliphatic carbocycles. The Morgan fingerprint density at radius 3 is 2.70 bits per heavy atom. The Balaban J connectivity index is 1.99. The van der Waals surface area contributed by atoms with E-state index in [4.69, 9.17) is 10.7 Å². The number of nitrogens with zero attached hydrogens (tertiary/aromatic N) is 2. The average molecular weight is 328 g/mol. The number of anilines is 1. The van der Waals surface area contributed by atoms with E-state index in [9.17, 15) is 0 Å². The van der Waals surface area contributed by atoms with Gasteiger partial charge in [0.25, 0.3) is 0 Å². The number of nitrogens with two attached hydrogens (primary N) is 1. The van der Waals surface area contributed by atoms with E-state index in [1.807, 2.05) is 22.7 Å². The molecule has 2 heterocycles. The van der Waals surface area contributed by atoms with E-state index in [0.717, 1.165) is 15.8 Å². The maximum absolute atomic E-state index is 6.31. The van der Waals surface area contributed by atoms with Crippen molar-refractivity contribution in [2.75, 3.05) is 5.73 Å². The third kappa shape index (κ3) is 1.75. The summed E-state index contributed by atoms with van der Waals surface area (Å²) < 4.78 is 2.89. The fourth-order valence-electron chi connectivity index (χ4n) is 2.71. The smallest absolute Gasteiger partial charge is 0.153 e. The third-order valence-corrected chi connectivity index (χ3v) is 4.49. The zero-order valence-electron chi connectivity index (χ0n) is 10.9. The molecule has 0 spiro atoms. The zero-order chi connectivity index (χ0) is 13.7. The van der Waals surface area contributed by atoms with Crippen molar-refractivity contribution in [2.45, 2.75) is 18.8 Å². The molecule has 100 valence electrons. The largest absolute Gasteiger partial charge is 0.383 e. The molecule has 0 unspecified atom stereocenters. The standard InChI is InChI=1S/C16H14BrN3/c17-13-6-3-9-20-15(18)14(19-16(13)20)12-5-2-1-4-11(12)10-7-8-10/h1-6,9-10H,7-8,18H2. The molecular weight excluding hydrogens is 314 g/mol. The van der Waals surface area contributed by atoms with Crippen LogP contribution in [-0.4, -0.2) is 9.38 Å². The van der Waals surface area contributed by atoms with Gasteiger partial charge in [-0.25, -0.2) is 4.98 Å². The number of imidazole rings is 1. The predicted octanol–water partition coefficient (Wildman–Crippen LogP) is 4.22. The Bertz CT molecular complexity index is 803. The maximum atomic E-state index is 6.31. The molecule has 1 saturated carbocycles. The van der Waals surface area contributed by atoms with Crippen molar-refractivity contribution in [1.29, 1.82) is 0 Å². The van der Waals surface area contributed by atoms with Gasteiger partial charge in [0.2, 0.25) is 0 Å². The Kier molecular flexibility index (Phi) is 2.60. The lowest BCUT2D eigenvalue weighted by Gasteiger charge is -2.06. The highest BCUT2D eigenvalue weighted by molar-refractivity contribution is 9.10. The minimum absolute atomic E-state index is 0.679. The van der Waals surface area contributed by atoms with Gasteiger partial charge in [0.05, 0.1) is 4.47 Å². The van der Waals surface area contributed by atoms with Crippen LogP contribution in [0.25, 0.3) is 16.9 Å². The van der Waals surface area contributed by atoms with Crippen molar-refractivity contribution < 1.29 is 0 Å². The van der Waals surface area contributed by atoms with E-state index in [1.54, 1.807) is 0 Å². The molecule has 2 N–H and O–H groups in total. The van der Waals surface area contributed by atoms with Gasteiger partial charge in [-0.3, -0.25) is 4.40 Å². The van der Waals surface area contributed by atoms with Crippen molar-refractivity contribution in [2.24, 2.45) is 0 Å². The molecule has 0 bridgehead atoms. The van der Waals surface area contributed by atoms with Gasteiger partial charge in [0.1, 0.15) is 11.5 Å². The summed E-state index contributed by atoms with van der Waals surface area (Å²) in [5, 5.41) is 0. The minimum atomic E-state index is 0.679. The second kappa shape index (κ2) is 4.35. The minimum Gasteiger partial charge on any atom is -0.383 e.